The standard InChI is InChI=1S/C14H5Cl2F6N3/c1-6(13(17,18)19)8-5-25(24-11(8)4-23)12-9(15)2-7(3-10(12)16)14(20,21)22/h2-3,5H,1H2. The summed E-state index contributed by atoms with van der Waals surface area (Å²) in [7, 11) is 0. The Morgan fingerprint density at radius 2 is 1.64 bits per heavy atom. The molecule has 0 N–H and O–H groups in total. The van der Waals surface area contributed by atoms with Gasteiger partial charge in [0.15, 0.2) is 5.69 Å². The van der Waals surface area contributed by atoms with Crippen molar-refractivity contribution in [1.29, 1.82) is 5.26 Å². The monoisotopic (exact) mass is 399 g/mol. The quantitative estimate of drug-likeness (QED) is 0.612. The number of allylic oxidation sites excluding steroid dienone is 1. The molecule has 0 spiro atoms. The normalized spacial score (nSPS) is 12.1. The van der Waals surface area contributed by atoms with Crippen LogP contribution >= 0.6 is 23.2 Å². The first-order valence-electron chi connectivity index (χ1n) is 6.19. The maximum absolute atomic E-state index is 12.8. The van der Waals surface area contributed by atoms with Crippen LogP contribution in [0.3, 0.4) is 0 Å². The van der Waals surface area contributed by atoms with E-state index in [1.165, 1.54) is 6.07 Å². The van der Waals surface area contributed by atoms with Gasteiger partial charge in [-0.3, -0.25) is 0 Å². The van der Waals surface area contributed by atoms with Gasteiger partial charge in [-0.05, 0) is 12.1 Å². The zero-order valence-corrected chi connectivity index (χ0v) is 13.3. The molecule has 2 rings (SSSR count). The topological polar surface area (TPSA) is 41.6 Å². The minimum Gasteiger partial charge on any atom is -0.236 e. The van der Waals surface area contributed by atoms with E-state index in [9.17, 15) is 26.3 Å². The summed E-state index contributed by atoms with van der Waals surface area (Å²) in [6.45, 7) is 2.86. The second-order valence-electron chi connectivity index (χ2n) is 4.71. The molecular formula is C14H5Cl2F6N3. The van der Waals surface area contributed by atoms with Gasteiger partial charge in [-0.15, -0.1) is 0 Å². The lowest BCUT2D eigenvalue weighted by atomic mass is 10.1. The van der Waals surface area contributed by atoms with Crippen molar-refractivity contribution in [2.75, 3.05) is 0 Å². The Bertz CT molecular complexity index is 866. The number of nitriles is 1. The molecule has 0 aliphatic heterocycles. The van der Waals surface area contributed by atoms with Crippen LogP contribution in [0.5, 0.6) is 0 Å². The lowest BCUT2D eigenvalue weighted by Gasteiger charge is -2.12. The number of nitrogens with zero attached hydrogens (tertiary/aromatic N) is 3. The first-order chi connectivity index (χ1) is 11.4. The SMILES string of the molecule is C=C(c1cn(-c2c(Cl)cc(C(F)(F)F)cc2Cl)nc1C#N)C(F)(F)F. The molecule has 132 valence electrons. The van der Waals surface area contributed by atoms with Crippen LogP contribution in [0.15, 0.2) is 24.9 Å². The first kappa shape index (κ1) is 19.1. The van der Waals surface area contributed by atoms with Crippen LogP contribution < -0.4 is 0 Å². The lowest BCUT2D eigenvalue weighted by Crippen LogP contribution is -2.09. The molecule has 0 unspecified atom stereocenters. The zero-order valence-electron chi connectivity index (χ0n) is 11.8. The Labute approximate surface area is 146 Å². The minimum absolute atomic E-state index is 0.297. The van der Waals surface area contributed by atoms with Crippen molar-refractivity contribution in [1.82, 2.24) is 9.78 Å². The van der Waals surface area contributed by atoms with E-state index in [0.717, 1.165) is 6.20 Å². The molecule has 1 heterocycles. The van der Waals surface area contributed by atoms with Gasteiger partial charge in [0.1, 0.15) is 11.8 Å². The minimum atomic E-state index is -4.83. The lowest BCUT2D eigenvalue weighted by molar-refractivity contribution is -0.137. The molecule has 0 bridgehead atoms. The van der Waals surface area contributed by atoms with Gasteiger partial charge in [0.25, 0.3) is 0 Å². The summed E-state index contributed by atoms with van der Waals surface area (Å²) >= 11 is 11.6. The maximum atomic E-state index is 12.8. The van der Waals surface area contributed by atoms with Gasteiger partial charge in [-0.1, -0.05) is 29.8 Å². The Hall–Kier alpha value is -2.18. The summed E-state index contributed by atoms with van der Waals surface area (Å²) in [4.78, 5) is 0. The molecular weight excluding hydrogens is 395 g/mol. The molecule has 3 nitrogen and oxygen atoms in total. The highest BCUT2D eigenvalue weighted by atomic mass is 35.5. The fraction of sp³-hybridized carbons (Fsp3) is 0.143. The number of benzene rings is 1. The number of alkyl halides is 6. The Balaban J connectivity index is 2.64. The molecule has 0 saturated carbocycles. The summed E-state index contributed by atoms with van der Waals surface area (Å²) < 4.78 is 77.2. The summed E-state index contributed by atoms with van der Waals surface area (Å²) in [6.07, 6.45) is -8.77. The molecule has 1 aromatic carbocycles. The van der Waals surface area contributed by atoms with Crippen LogP contribution in [0.4, 0.5) is 26.3 Å². The summed E-state index contributed by atoms with van der Waals surface area (Å²) in [6, 6.07) is 2.56. The van der Waals surface area contributed by atoms with E-state index < -0.39 is 44.8 Å². The Kier molecular flexibility index (Phi) is 4.81. The smallest absolute Gasteiger partial charge is 0.236 e. The van der Waals surface area contributed by atoms with Crippen LogP contribution in [0, 0.1) is 11.3 Å². The van der Waals surface area contributed by atoms with Crippen LogP contribution in [-0.4, -0.2) is 16.0 Å². The van der Waals surface area contributed by atoms with Gasteiger partial charge < -0.3 is 0 Å². The van der Waals surface area contributed by atoms with Gasteiger partial charge in [-0.25, -0.2) is 4.68 Å². The first-order valence-corrected chi connectivity index (χ1v) is 6.94. The van der Waals surface area contributed by atoms with Gasteiger partial charge >= 0.3 is 12.4 Å². The van der Waals surface area contributed by atoms with E-state index >= 15 is 0 Å². The second kappa shape index (κ2) is 6.28. The van der Waals surface area contributed by atoms with Crippen molar-refractivity contribution in [2.45, 2.75) is 12.4 Å². The molecule has 25 heavy (non-hydrogen) atoms. The zero-order chi connectivity index (χ0) is 19.2. The van der Waals surface area contributed by atoms with E-state index in [2.05, 4.69) is 11.7 Å². The molecule has 0 radical (unpaired) electrons. The number of aromatic nitrogens is 2. The number of halogens is 8. The van der Waals surface area contributed by atoms with Crippen LogP contribution in [0.2, 0.25) is 10.0 Å². The second-order valence-corrected chi connectivity index (χ2v) is 5.52. The molecule has 1 aromatic heterocycles. The molecule has 0 saturated heterocycles. The predicted octanol–water partition coefficient (Wildman–Crippen LogP) is 5.65. The molecule has 0 fully saturated rings. The summed E-state index contributed by atoms with van der Waals surface area (Å²) in [5.41, 5.74) is -4.04. The van der Waals surface area contributed by atoms with Gasteiger partial charge in [0.05, 0.1) is 21.2 Å². The average Bonchev–Trinajstić information content (AvgIpc) is 2.87. The van der Waals surface area contributed by atoms with E-state index in [-0.39, 0.29) is 5.69 Å². The molecule has 2 aromatic rings. The number of hydrogen-bond donors (Lipinski definition) is 0. The summed E-state index contributed by atoms with van der Waals surface area (Å²) in [5.74, 6) is 0. The fourth-order valence-corrected chi connectivity index (χ4v) is 2.55. The third-order valence-electron chi connectivity index (χ3n) is 3.06. The molecule has 0 aliphatic carbocycles. The Morgan fingerprint density at radius 3 is 2.04 bits per heavy atom. The van der Waals surface area contributed by atoms with Crippen LogP contribution in [0.1, 0.15) is 16.8 Å². The third-order valence-corrected chi connectivity index (χ3v) is 3.64. The largest absolute Gasteiger partial charge is 0.416 e. The van der Waals surface area contributed by atoms with Crippen molar-refractivity contribution >= 4 is 28.8 Å². The highest BCUT2D eigenvalue weighted by molar-refractivity contribution is 6.37. The fourth-order valence-electron chi connectivity index (χ4n) is 1.89. The maximum Gasteiger partial charge on any atom is 0.416 e. The van der Waals surface area contributed by atoms with E-state index in [1.807, 2.05) is 0 Å². The predicted molar refractivity (Wildman–Crippen MR) is 78.4 cm³/mol. The third kappa shape index (κ3) is 3.75. The molecule has 0 amide bonds. The van der Waals surface area contributed by atoms with E-state index in [4.69, 9.17) is 28.5 Å². The van der Waals surface area contributed by atoms with Gasteiger partial charge in [0.2, 0.25) is 0 Å². The van der Waals surface area contributed by atoms with Gasteiger partial charge in [-0.2, -0.15) is 36.7 Å². The molecule has 0 aliphatic rings. The van der Waals surface area contributed by atoms with E-state index in [0.29, 0.717) is 16.8 Å². The Morgan fingerprint density at radius 1 is 1.12 bits per heavy atom. The van der Waals surface area contributed by atoms with E-state index in [1.54, 1.807) is 0 Å². The van der Waals surface area contributed by atoms with Gasteiger partial charge in [0, 0.05) is 11.8 Å². The van der Waals surface area contributed by atoms with Crippen molar-refractivity contribution in [2.24, 2.45) is 0 Å². The molecule has 11 heteroatoms. The average molecular weight is 400 g/mol. The van der Waals surface area contributed by atoms with Crippen LogP contribution in [-0.2, 0) is 6.18 Å². The number of hydrogen-bond acceptors (Lipinski definition) is 2. The van der Waals surface area contributed by atoms with Crippen molar-refractivity contribution in [3.8, 4) is 11.8 Å². The summed E-state index contributed by atoms with van der Waals surface area (Å²) in [5, 5.41) is 11.5. The van der Waals surface area contributed by atoms with Crippen molar-refractivity contribution < 1.29 is 26.3 Å². The van der Waals surface area contributed by atoms with Crippen molar-refractivity contribution in [3.05, 3.63) is 51.8 Å². The highest BCUT2D eigenvalue weighted by Gasteiger charge is 2.36. The van der Waals surface area contributed by atoms with Crippen LogP contribution in [0.25, 0.3) is 11.3 Å². The number of rotatable bonds is 2. The molecule has 0 atom stereocenters. The van der Waals surface area contributed by atoms with Crippen molar-refractivity contribution in [3.63, 3.8) is 0 Å². The highest BCUT2D eigenvalue weighted by Crippen LogP contribution is 2.39.